The minimum Gasteiger partial charge on any atom is -0.497 e. The summed E-state index contributed by atoms with van der Waals surface area (Å²) in [5.41, 5.74) is 1.92. The van der Waals surface area contributed by atoms with Crippen LogP contribution in [0.3, 0.4) is 0 Å². The lowest BCUT2D eigenvalue weighted by Gasteiger charge is -2.16. The summed E-state index contributed by atoms with van der Waals surface area (Å²) < 4.78 is 6.02. The molecule has 0 heterocycles. The summed E-state index contributed by atoms with van der Waals surface area (Å²) in [5, 5.41) is 5.61. The largest absolute Gasteiger partial charge is 0.497 e. The molecule has 3 aromatic rings. The Bertz CT molecular complexity index is 1070. The van der Waals surface area contributed by atoms with E-state index in [0.29, 0.717) is 23.4 Å². The second-order valence-electron chi connectivity index (χ2n) is 6.70. The lowest BCUT2D eigenvalue weighted by Crippen LogP contribution is -2.24. The van der Waals surface area contributed by atoms with Crippen molar-refractivity contribution in [3.8, 4) is 5.75 Å². The van der Waals surface area contributed by atoms with E-state index in [2.05, 4.69) is 26.6 Å². The van der Waals surface area contributed by atoms with Crippen LogP contribution in [0, 0.1) is 0 Å². The summed E-state index contributed by atoms with van der Waals surface area (Å²) in [4.78, 5) is 26.2. The predicted octanol–water partition coefficient (Wildman–Crippen LogP) is 6.22. The Morgan fingerprint density at radius 2 is 1.77 bits per heavy atom. The van der Waals surface area contributed by atoms with Gasteiger partial charge in [-0.05, 0) is 70.9 Å². The van der Waals surface area contributed by atoms with E-state index in [0.717, 1.165) is 15.1 Å². The molecule has 3 aromatic carbocycles. The monoisotopic (exact) mass is 498 g/mol. The standard InChI is InChI=1S/C24H23BrN2O3S/c1-3-22(24(29)27-21-13-5-4-12-20(21)25)31-19-11-7-9-17(15-19)26-23(28)16-8-6-10-18(14-16)30-2/h4-15,22H,3H2,1-2H3,(H,26,28)(H,27,29). The lowest BCUT2D eigenvalue weighted by molar-refractivity contribution is -0.115. The number of anilines is 2. The van der Waals surface area contributed by atoms with Crippen molar-refractivity contribution in [3.63, 3.8) is 0 Å². The Labute approximate surface area is 194 Å². The molecule has 5 nitrogen and oxygen atoms in total. The van der Waals surface area contributed by atoms with Crippen molar-refractivity contribution >= 4 is 50.9 Å². The quantitative estimate of drug-likeness (QED) is 0.361. The van der Waals surface area contributed by atoms with Gasteiger partial charge in [-0.15, -0.1) is 11.8 Å². The van der Waals surface area contributed by atoms with Gasteiger partial charge in [0.05, 0.1) is 18.0 Å². The first-order valence-corrected chi connectivity index (χ1v) is 11.4. The van der Waals surface area contributed by atoms with Gasteiger partial charge in [-0.1, -0.05) is 31.2 Å². The molecule has 0 aliphatic rings. The van der Waals surface area contributed by atoms with Crippen molar-refractivity contribution in [1.82, 2.24) is 0 Å². The third-order valence-electron chi connectivity index (χ3n) is 4.50. The highest BCUT2D eigenvalue weighted by Crippen LogP contribution is 2.30. The minimum absolute atomic E-state index is 0.0646. The molecule has 0 aliphatic heterocycles. The van der Waals surface area contributed by atoms with Crippen LogP contribution in [0.15, 0.2) is 82.2 Å². The van der Waals surface area contributed by atoms with Gasteiger partial charge in [0.2, 0.25) is 5.91 Å². The number of hydrogen-bond acceptors (Lipinski definition) is 4. The van der Waals surface area contributed by atoms with Crippen molar-refractivity contribution in [2.45, 2.75) is 23.5 Å². The van der Waals surface area contributed by atoms with Crippen molar-refractivity contribution in [2.75, 3.05) is 17.7 Å². The number of nitrogens with one attached hydrogen (secondary N) is 2. The normalized spacial score (nSPS) is 11.5. The number of carbonyl (C=O) groups is 2. The summed E-state index contributed by atoms with van der Waals surface area (Å²) in [6.07, 6.45) is 0.668. The second kappa shape index (κ2) is 11.0. The van der Waals surface area contributed by atoms with Gasteiger partial charge in [0.25, 0.3) is 5.91 Å². The topological polar surface area (TPSA) is 67.4 Å². The fourth-order valence-electron chi connectivity index (χ4n) is 2.88. The first kappa shape index (κ1) is 22.9. The minimum atomic E-state index is -0.267. The van der Waals surface area contributed by atoms with Gasteiger partial charge < -0.3 is 15.4 Å². The zero-order valence-corrected chi connectivity index (χ0v) is 19.6. The molecule has 2 N–H and O–H groups in total. The SMILES string of the molecule is CCC(Sc1cccc(NC(=O)c2cccc(OC)c2)c1)C(=O)Nc1ccccc1Br. The zero-order chi connectivity index (χ0) is 22.2. The van der Waals surface area contributed by atoms with E-state index < -0.39 is 0 Å². The van der Waals surface area contributed by atoms with E-state index in [9.17, 15) is 9.59 Å². The second-order valence-corrected chi connectivity index (χ2v) is 8.83. The number of rotatable bonds is 8. The molecule has 2 amide bonds. The molecule has 0 bridgehead atoms. The average Bonchev–Trinajstić information content (AvgIpc) is 2.79. The van der Waals surface area contributed by atoms with Crippen LogP contribution < -0.4 is 15.4 Å². The van der Waals surface area contributed by atoms with Gasteiger partial charge >= 0.3 is 0 Å². The third kappa shape index (κ3) is 6.35. The maximum absolute atomic E-state index is 12.8. The molecule has 3 rings (SSSR count). The lowest BCUT2D eigenvalue weighted by atomic mass is 10.2. The molecular formula is C24H23BrN2O3S. The summed E-state index contributed by atoms with van der Waals surface area (Å²) in [6, 6.07) is 22.0. The molecule has 0 saturated carbocycles. The fraction of sp³-hybridized carbons (Fsp3) is 0.167. The molecule has 7 heteroatoms. The Morgan fingerprint density at radius 3 is 2.52 bits per heavy atom. The number of thioether (sulfide) groups is 1. The van der Waals surface area contributed by atoms with Crippen LogP contribution in [-0.2, 0) is 4.79 Å². The maximum Gasteiger partial charge on any atom is 0.255 e. The smallest absolute Gasteiger partial charge is 0.255 e. The first-order valence-electron chi connectivity index (χ1n) is 9.77. The van der Waals surface area contributed by atoms with Crippen LogP contribution in [-0.4, -0.2) is 24.2 Å². The molecule has 1 atom stereocenters. The summed E-state index contributed by atoms with van der Waals surface area (Å²) in [5.74, 6) is 0.337. The molecule has 31 heavy (non-hydrogen) atoms. The van der Waals surface area contributed by atoms with E-state index in [-0.39, 0.29) is 17.1 Å². The Hall–Kier alpha value is -2.77. The summed E-state index contributed by atoms with van der Waals surface area (Å²) >= 11 is 4.92. The number of halogens is 1. The number of ether oxygens (including phenoxy) is 1. The number of methoxy groups -OCH3 is 1. The Morgan fingerprint density at radius 1 is 1.00 bits per heavy atom. The fourth-order valence-corrected chi connectivity index (χ4v) is 4.27. The molecule has 0 fully saturated rings. The predicted molar refractivity (Wildman–Crippen MR) is 130 cm³/mol. The molecule has 0 spiro atoms. The molecule has 0 aromatic heterocycles. The van der Waals surface area contributed by atoms with Crippen molar-refractivity contribution in [2.24, 2.45) is 0 Å². The maximum atomic E-state index is 12.8. The van der Waals surface area contributed by atoms with Crippen LogP contribution in [0.4, 0.5) is 11.4 Å². The van der Waals surface area contributed by atoms with Crippen molar-refractivity contribution < 1.29 is 14.3 Å². The van der Waals surface area contributed by atoms with E-state index in [1.807, 2.05) is 55.5 Å². The molecular weight excluding hydrogens is 476 g/mol. The van der Waals surface area contributed by atoms with E-state index in [4.69, 9.17) is 4.74 Å². The van der Waals surface area contributed by atoms with Crippen LogP contribution >= 0.6 is 27.7 Å². The van der Waals surface area contributed by atoms with Gasteiger partial charge in [0.1, 0.15) is 5.75 Å². The highest BCUT2D eigenvalue weighted by molar-refractivity contribution is 9.10. The average molecular weight is 499 g/mol. The van der Waals surface area contributed by atoms with Crippen LogP contribution in [0.25, 0.3) is 0 Å². The summed E-state index contributed by atoms with van der Waals surface area (Å²) in [7, 11) is 1.56. The van der Waals surface area contributed by atoms with Crippen molar-refractivity contribution in [3.05, 3.63) is 82.8 Å². The van der Waals surface area contributed by atoms with E-state index >= 15 is 0 Å². The Kier molecular flexibility index (Phi) is 8.14. The number of para-hydroxylation sites is 1. The van der Waals surface area contributed by atoms with Gasteiger partial charge in [0, 0.05) is 20.6 Å². The Balaban J connectivity index is 1.67. The van der Waals surface area contributed by atoms with Crippen LogP contribution in [0.2, 0.25) is 0 Å². The number of hydrogen-bond donors (Lipinski definition) is 2. The van der Waals surface area contributed by atoms with Gasteiger partial charge in [-0.3, -0.25) is 9.59 Å². The number of carbonyl (C=O) groups excluding carboxylic acids is 2. The highest BCUT2D eigenvalue weighted by Gasteiger charge is 2.19. The first-order chi connectivity index (χ1) is 15.0. The van der Waals surface area contributed by atoms with Crippen LogP contribution in [0.5, 0.6) is 5.75 Å². The van der Waals surface area contributed by atoms with Crippen molar-refractivity contribution in [1.29, 1.82) is 0 Å². The summed E-state index contributed by atoms with van der Waals surface area (Å²) in [6.45, 7) is 1.98. The van der Waals surface area contributed by atoms with Gasteiger partial charge in [-0.2, -0.15) is 0 Å². The molecule has 1 unspecified atom stereocenters. The van der Waals surface area contributed by atoms with Crippen LogP contribution in [0.1, 0.15) is 23.7 Å². The number of benzene rings is 3. The number of amides is 2. The zero-order valence-electron chi connectivity index (χ0n) is 17.2. The highest BCUT2D eigenvalue weighted by atomic mass is 79.9. The van der Waals surface area contributed by atoms with Gasteiger partial charge in [0.15, 0.2) is 0 Å². The molecule has 0 radical (unpaired) electrons. The van der Waals surface area contributed by atoms with E-state index in [1.54, 1.807) is 31.4 Å². The molecule has 160 valence electrons. The van der Waals surface area contributed by atoms with Gasteiger partial charge in [-0.25, -0.2) is 0 Å². The van der Waals surface area contributed by atoms with E-state index in [1.165, 1.54) is 11.8 Å². The molecule has 0 saturated heterocycles. The molecule has 0 aliphatic carbocycles. The third-order valence-corrected chi connectivity index (χ3v) is 6.55.